The normalized spacial score (nSPS) is 14.6. The number of fused-ring (bicyclic) bond motifs is 1. The summed E-state index contributed by atoms with van der Waals surface area (Å²) in [6.45, 7) is 2.37. The molecule has 4 rings (SSSR count). The van der Waals surface area contributed by atoms with E-state index in [0.717, 1.165) is 36.3 Å². The van der Waals surface area contributed by atoms with Crippen molar-refractivity contribution < 1.29 is 4.42 Å². The van der Waals surface area contributed by atoms with Gasteiger partial charge in [0, 0.05) is 49.6 Å². The minimum absolute atomic E-state index is 0.495. The molecule has 0 saturated carbocycles. The minimum atomic E-state index is 0.495. The van der Waals surface area contributed by atoms with Crippen LogP contribution in [-0.2, 0) is 19.5 Å². The van der Waals surface area contributed by atoms with Crippen molar-refractivity contribution in [2.45, 2.75) is 19.5 Å². The Kier molecular flexibility index (Phi) is 4.22. The van der Waals surface area contributed by atoms with Crippen LogP contribution in [-0.4, -0.2) is 26.4 Å². The molecule has 0 N–H and O–H groups in total. The fourth-order valence-corrected chi connectivity index (χ4v) is 3.19. The highest BCUT2D eigenvalue weighted by atomic mass is 35.5. The molecule has 4 heterocycles. The Morgan fingerprint density at radius 2 is 2.12 bits per heavy atom. The molecule has 0 spiro atoms. The average Bonchev–Trinajstić information content (AvgIpc) is 3.12. The summed E-state index contributed by atoms with van der Waals surface area (Å²) in [6, 6.07) is 5.57. The number of hydrogen-bond donors (Lipinski definition) is 0. The number of aromatic nitrogens is 3. The van der Waals surface area contributed by atoms with E-state index in [1.807, 2.05) is 24.4 Å². The second-order valence-corrected chi connectivity index (χ2v) is 6.50. The lowest BCUT2D eigenvalue weighted by Gasteiger charge is -2.28. The number of pyridine rings is 1. The monoisotopic (exact) mass is 360 g/mol. The summed E-state index contributed by atoms with van der Waals surface area (Å²) in [6.07, 6.45) is 5.92. The molecule has 0 saturated heterocycles. The molecule has 0 radical (unpaired) electrons. The van der Waals surface area contributed by atoms with E-state index in [1.54, 1.807) is 12.5 Å². The van der Waals surface area contributed by atoms with E-state index in [4.69, 9.17) is 27.6 Å². The van der Waals surface area contributed by atoms with Crippen molar-refractivity contribution in [1.82, 2.24) is 19.9 Å². The van der Waals surface area contributed by atoms with Gasteiger partial charge in [0.05, 0.1) is 17.0 Å². The number of rotatable bonds is 3. The van der Waals surface area contributed by atoms with Crippen molar-refractivity contribution >= 4 is 23.2 Å². The number of halogens is 2. The second kappa shape index (κ2) is 6.51. The van der Waals surface area contributed by atoms with Gasteiger partial charge in [-0.3, -0.25) is 4.90 Å². The first-order valence-electron chi connectivity index (χ1n) is 7.60. The van der Waals surface area contributed by atoms with Crippen LogP contribution in [0.25, 0.3) is 11.6 Å². The van der Waals surface area contributed by atoms with Gasteiger partial charge >= 0.3 is 0 Å². The lowest BCUT2D eigenvalue weighted by molar-refractivity contribution is 0.242. The molecule has 122 valence electrons. The first-order chi connectivity index (χ1) is 11.7. The summed E-state index contributed by atoms with van der Waals surface area (Å²) < 4.78 is 5.37. The average molecular weight is 361 g/mol. The fourth-order valence-electron chi connectivity index (χ4n) is 2.85. The van der Waals surface area contributed by atoms with Crippen LogP contribution in [0.5, 0.6) is 0 Å². The zero-order valence-corrected chi connectivity index (χ0v) is 14.3. The largest absolute Gasteiger partial charge is 0.461 e. The lowest BCUT2D eigenvalue weighted by atomic mass is 10.1. The Morgan fingerprint density at radius 3 is 2.96 bits per heavy atom. The zero-order valence-electron chi connectivity index (χ0n) is 12.7. The highest BCUT2D eigenvalue weighted by Crippen LogP contribution is 2.24. The minimum Gasteiger partial charge on any atom is -0.461 e. The van der Waals surface area contributed by atoms with Crippen LogP contribution in [0.3, 0.4) is 0 Å². The van der Waals surface area contributed by atoms with Crippen LogP contribution in [0.15, 0.2) is 41.3 Å². The summed E-state index contributed by atoms with van der Waals surface area (Å²) in [5, 5.41) is 1.09. The first kappa shape index (κ1) is 15.6. The van der Waals surface area contributed by atoms with E-state index < -0.39 is 0 Å². The quantitative estimate of drug-likeness (QED) is 0.660. The molecule has 3 aromatic rings. The maximum Gasteiger partial charge on any atom is 0.195 e. The van der Waals surface area contributed by atoms with E-state index >= 15 is 0 Å². The van der Waals surface area contributed by atoms with Gasteiger partial charge < -0.3 is 4.42 Å². The molecule has 7 heteroatoms. The van der Waals surface area contributed by atoms with Gasteiger partial charge in [0.1, 0.15) is 5.15 Å². The van der Waals surface area contributed by atoms with Crippen molar-refractivity contribution in [3.63, 3.8) is 0 Å². The fraction of sp³-hybridized carbons (Fsp3) is 0.235. The third-order valence-corrected chi connectivity index (χ3v) is 4.57. The summed E-state index contributed by atoms with van der Waals surface area (Å²) in [7, 11) is 0. The molecule has 24 heavy (non-hydrogen) atoms. The Morgan fingerprint density at radius 1 is 1.21 bits per heavy atom. The summed E-state index contributed by atoms with van der Waals surface area (Å²) in [4.78, 5) is 15.4. The van der Waals surface area contributed by atoms with E-state index in [2.05, 4.69) is 19.9 Å². The van der Waals surface area contributed by atoms with Gasteiger partial charge in [-0.05, 0) is 18.2 Å². The molecular weight excluding hydrogens is 347 g/mol. The maximum atomic E-state index is 6.16. The molecule has 0 unspecified atom stereocenters. The summed E-state index contributed by atoms with van der Waals surface area (Å²) >= 11 is 12.2. The Bertz CT molecular complexity index is 867. The van der Waals surface area contributed by atoms with Crippen molar-refractivity contribution in [3.8, 4) is 11.6 Å². The van der Waals surface area contributed by atoms with Crippen LogP contribution < -0.4 is 0 Å². The number of nitrogens with zero attached hydrogens (tertiary/aromatic N) is 4. The van der Waals surface area contributed by atoms with Gasteiger partial charge in [0.2, 0.25) is 0 Å². The second-order valence-electron chi connectivity index (χ2n) is 5.71. The summed E-state index contributed by atoms with van der Waals surface area (Å²) in [5.74, 6) is 1.33. The topological polar surface area (TPSA) is 55.1 Å². The van der Waals surface area contributed by atoms with Gasteiger partial charge in [-0.1, -0.05) is 23.2 Å². The van der Waals surface area contributed by atoms with E-state index in [1.165, 1.54) is 0 Å². The van der Waals surface area contributed by atoms with Gasteiger partial charge in [-0.15, -0.1) is 0 Å². The SMILES string of the molecule is Clc1cnc(Cl)c(CN2CCc3nc(-c4ccco4)ncc3C2)c1. The zero-order chi connectivity index (χ0) is 16.5. The van der Waals surface area contributed by atoms with Crippen LogP contribution in [0.2, 0.25) is 10.2 Å². The van der Waals surface area contributed by atoms with Crippen molar-refractivity contribution in [2.75, 3.05) is 6.54 Å². The third-order valence-electron chi connectivity index (χ3n) is 4.03. The number of furan rings is 1. The molecule has 1 aliphatic rings. The predicted octanol–water partition coefficient (Wildman–Crippen LogP) is 4.00. The molecule has 0 amide bonds. The van der Waals surface area contributed by atoms with E-state index in [0.29, 0.717) is 28.3 Å². The molecule has 0 bridgehead atoms. The molecule has 0 aliphatic carbocycles. The predicted molar refractivity (Wildman–Crippen MR) is 91.8 cm³/mol. The summed E-state index contributed by atoms with van der Waals surface area (Å²) in [5.41, 5.74) is 3.13. The van der Waals surface area contributed by atoms with Gasteiger partial charge in [0.25, 0.3) is 0 Å². The molecule has 0 atom stereocenters. The molecular formula is C17H14Cl2N4O. The van der Waals surface area contributed by atoms with Crippen LogP contribution in [0.1, 0.15) is 16.8 Å². The van der Waals surface area contributed by atoms with Gasteiger partial charge in [0.15, 0.2) is 11.6 Å². The third kappa shape index (κ3) is 3.15. The van der Waals surface area contributed by atoms with Crippen molar-refractivity contribution in [1.29, 1.82) is 0 Å². The van der Waals surface area contributed by atoms with E-state index in [-0.39, 0.29) is 0 Å². The highest BCUT2D eigenvalue weighted by molar-refractivity contribution is 6.32. The molecule has 0 fully saturated rings. The highest BCUT2D eigenvalue weighted by Gasteiger charge is 2.20. The number of hydrogen-bond acceptors (Lipinski definition) is 5. The van der Waals surface area contributed by atoms with Gasteiger partial charge in [-0.2, -0.15) is 0 Å². The molecule has 0 aromatic carbocycles. The Balaban J connectivity index is 1.53. The van der Waals surface area contributed by atoms with Gasteiger partial charge in [-0.25, -0.2) is 15.0 Å². The van der Waals surface area contributed by atoms with Crippen molar-refractivity contribution in [2.24, 2.45) is 0 Å². The Hall–Kier alpha value is -1.95. The van der Waals surface area contributed by atoms with Crippen LogP contribution in [0, 0.1) is 0 Å². The maximum absolute atomic E-state index is 6.16. The lowest BCUT2D eigenvalue weighted by Crippen LogP contribution is -2.31. The van der Waals surface area contributed by atoms with E-state index in [9.17, 15) is 0 Å². The first-order valence-corrected chi connectivity index (χ1v) is 8.35. The molecule has 3 aromatic heterocycles. The van der Waals surface area contributed by atoms with Crippen LogP contribution >= 0.6 is 23.2 Å². The van der Waals surface area contributed by atoms with Crippen LogP contribution in [0.4, 0.5) is 0 Å². The Labute approximate surface area is 149 Å². The van der Waals surface area contributed by atoms with Crippen molar-refractivity contribution in [3.05, 3.63) is 63.9 Å². The molecule has 1 aliphatic heterocycles. The standard InChI is InChI=1S/C17H14Cl2N4O/c18-13-6-11(16(19)20-8-13)9-23-4-3-14-12(10-23)7-21-17(22-14)15-2-1-5-24-15/h1-2,5-8H,3-4,9-10H2. The molecule has 5 nitrogen and oxygen atoms in total. The smallest absolute Gasteiger partial charge is 0.195 e.